The zero-order chi connectivity index (χ0) is 30.1. The number of halogens is 2. The van der Waals surface area contributed by atoms with Crippen molar-refractivity contribution in [3.8, 4) is 22.9 Å². The smallest absolute Gasteiger partial charge is 0.324 e. The lowest BCUT2D eigenvalue weighted by atomic mass is 10.2. The number of likely N-dealkylation sites (N-methyl/N-ethyl adjacent to an activating group) is 1. The van der Waals surface area contributed by atoms with E-state index in [0.29, 0.717) is 23.1 Å². The van der Waals surface area contributed by atoms with E-state index in [-0.39, 0.29) is 33.9 Å². The Hall–Kier alpha value is -4.32. The molecule has 0 saturated heterocycles. The minimum atomic E-state index is -0.533. The highest BCUT2D eigenvalue weighted by atomic mass is 35.5. The topological polar surface area (TPSA) is 131 Å². The van der Waals surface area contributed by atoms with Gasteiger partial charge in [0.2, 0.25) is 5.91 Å². The second-order valence-electron chi connectivity index (χ2n) is 9.11. The Morgan fingerprint density at radius 2 is 1.74 bits per heavy atom. The molecule has 220 valence electrons. The van der Waals surface area contributed by atoms with E-state index in [1.807, 2.05) is 30.3 Å². The molecule has 2 aromatic carbocycles. The van der Waals surface area contributed by atoms with Gasteiger partial charge in [0.05, 0.1) is 35.7 Å². The Morgan fingerprint density at radius 1 is 0.952 bits per heavy atom. The SMILES string of the molecule is CCCCc1cc(NC(=O)Nc2ccc(Oc3ccnc(NC(=O)CNC)c3)c(Cl)c2Cl)n(-c2ccc(OC)cc2)n1. The zero-order valence-electron chi connectivity index (χ0n) is 23.3. The maximum Gasteiger partial charge on any atom is 0.324 e. The summed E-state index contributed by atoms with van der Waals surface area (Å²) in [5.74, 6) is 1.90. The van der Waals surface area contributed by atoms with Gasteiger partial charge in [0.25, 0.3) is 0 Å². The van der Waals surface area contributed by atoms with Gasteiger partial charge in [-0.3, -0.25) is 10.1 Å². The molecule has 0 saturated carbocycles. The molecule has 0 atom stereocenters. The number of anilines is 3. The third-order valence-corrected chi connectivity index (χ3v) is 6.83. The quantitative estimate of drug-likeness (QED) is 0.143. The van der Waals surface area contributed by atoms with Crippen LogP contribution in [0, 0.1) is 0 Å². The Labute approximate surface area is 253 Å². The molecule has 13 heteroatoms. The third-order valence-electron chi connectivity index (χ3n) is 5.96. The molecule has 11 nitrogen and oxygen atoms in total. The first-order valence-corrected chi connectivity index (χ1v) is 13.9. The van der Waals surface area contributed by atoms with E-state index in [1.165, 1.54) is 6.20 Å². The average molecular weight is 613 g/mol. The van der Waals surface area contributed by atoms with E-state index in [4.69, 9.17) is 32.7 Å². The average Bonchev–Trinajstić information content (AvgIpc) is 3.38. The van der Waals surface area contributed by atoms with Crippen LogP contribution in [0.15, 0.2) is 60.8 Å². The van der Waals surface area contributed by atoms with Crippen LogP contribution in [0.4, 0.5) is 22.1 Å². The third kappa shape index (κ3) is 7.90. The number of carbonyl (C=O) groups is 2. The molecule has 0 aliphatic carbocycles. The summed E-state index contributed by atoms with van der Waals surface area (Å²) >= 11 is 13.0. The molecular formula is C29H31Cl2N7O4. The molecule has 2 heterocycles. The van der Waals surface area contributed by atoms with Crippen molar-refractivity contribution in [1.82, 2.24) is 20.1 Å². The Morgan fingerprint density at radius 3 is 2.45 bits per heavy atom. The first kappa shape index (κ1) is 30.6. The van der Waals surface area contributed by atoms with Gasteiger partial charge in [0.1, 0.15) is 33.9 Å². The number of nitrogens with one attached hydrogen (secondary N) is 4. The number of carbonyl (C=O) groups excluding carboxylic acids is 2. The van der Waals surface area contributed by atoms with Crippen molar-refractivity contribution in [2.75, 3.05) is 36.7 Å². The number of urea groups is 1. The molecule has 0 aliphatic rings. The molecular weight excluding hydrogens is 581 g/mol. The summed E-state index contributed by atoms with van der Waals surface area (Å²) in [6, 6.07) is 15.0. The van der Waals surface area contributed by atoms with E-state index in [2.05, 4.69) is 38.3 Å². The number of hydrogen-bond acceptors (Lipinski definition) is 7. The number of methoxy groups -OCH3 is 1. The fourth-order valence-corrected chi connectivity index (χ4v) is 4.32. The molecule has 42 heavy (non-hydrogen) atoms. The number of benzene rings is 2. The number of amides is 3. The van der Waals surface area contributed by atoms with Crippen LogP contribution in [0.2, 0.25) is 10.0 Å². The van der Waals surface area contributed by atoms with Crippen molar-refractivity contribution in [3.63, 3.8) is 0 Å². The van der Waals surface area contributed by atoms with Crippen LogP contribution in [0.25, 0.3) is 5.69 Å². The lowest BCUT2D eigenvalue weighted by Gasteiger charge is -2.14. The van der Waals surface area contributed by atoms with Gasteiger partial charge in [-0.25, -0.2) is 14.5 Å². The fraction of sp³-hybridized carbons (Fsp3) is 0.241. The first-order valence-electron chi connectivity index (χ1n) is 13.2. The van der Waals surface area contributed by atoms with Crippen LogP contribution < -0.4 is 30.7 Å². The maximum atomic E-state index is 13.0. The summed E-state index contributed by atoms with van der Waals surface area (Å²) in [6.07, 6.45) is 4.26. The highest BCUT2D eigenvalue weighted by molar-refractivity contribution is 6.45. The van der Waals surface area contributed by atoms with Crippen molar-refractivity contribution in [3.05, 3.63) is 76.5 Å². The number of pyridine rings is 1. The van der Waals surface area contributed by atoms with Gasteiger partial charge in [-0.2, -0.15) is 5.10 Å². The van der Waals surface area contributed by atoms with Crippen molar-refractivity contribution in [1.29, 1.82) is 0 Å². The van der Waals surface area contributed by atoms with Crippen LogP contribution in [-0.4, -0.2) is 47.4 Å². The lowest BCUT2D eigenvalue weighted by Crippen LogP contribution is -2.25. The molecule has 4 N–H and O–H groups in total. The molecule has 4 aromatic rings. The van der Waals surface area contributed by atoms with Crippen molar-refractivity contribution in [2.24, 2.45) is 0 Å². The van der Waals surface area contributed by atoms with Crippen molar-refractivity contribution < 1.29 is 19.1 Å². The van der Waals surface area contributed by atoms with Crippen LogP contribution in [0.5, 0.6) is 17.2 Å². The zero-order valence-corrected chi connectivity index (χ0v) is 24.8. The number of hydrogen-bond donors (Lipinski definition) is 4. The summed E-state index contributed by atoms with van der Waals surface area (Å²) in [6.45, 7) is 2.25. The van der Waals surface area contributed by atoms with Gasteiger partial charge in [-0.1, -0.05) is 36.5 Å². The lowest BCUT2D eigenvalue weighted by molar-refractivity contribution is -0.115. The summed E-state index contributed by atoms with van der Waals surface area (Å²) < 4.78 is 12.8. The van der Waals surface area contributed by atoms with Gasteiger partial charge in [0, 0.05) is 18.3 Å². The molecule has 0 bridgehead atoms. The summed E-state index contributed by atoms with van der Waals surface area (Å²) in [7, 11) is 3.27. The highest BCUT2D eigenvalue weighted by Crippen LogP contribution is 2.39. The van der Waals surface area contributed by atoms with E-state index in [0.717, 1.165) is 30.6 Å². The predicted molar refractivity (Wildman–Crippen MR) is 165 cm³/mol. The molecule has 0 unspecified atom stereocenters. The molecule has 4 rings (SSSR count). The fourth-order valence-electron chi connectivity index (χ4n) is 3.91. The van der Waals surface area contributed by atoms with E-state index in [1.54, 1.807) is 43.1 Å². The standard InChI is InChI=1S/C29H31Cl2N7O4/c1-4-5-6-18-15-25(38(37-18)19-7-9-20(41-3)10-8-19)36-29(40)34-22-11-12-23(28(31)27(22)30)42-21-13-14-33-24(16-21)35-26(39)17-32-2/h7-16,32H,4-6,17H2,1-3H3,(H,33,35,39)(H2,34,36,40). The van der Waals surface area contributed by atoms with Gasteiger partial charge in [0.15, 0.2) is 0 Å². The van der Waals surface area contributed by atoms with Crippen LogP contribution in [0.3, 0.4) is 0 Å². The minimum absolute atomic E-state index is 0.0909. The Kier molecular flexibility index (Phi) is 10.6. The minimum Gasteiger partial charge on any atom is -0.497 e. The number of ether oxygens (including phenoxy) is 2. The predicted octanol–water partition coefficient (Wildman–Crippen LogP) is 6.52. The normalized spacial score (nSPS) is 10.7. The second-order valence-corrected chi connectivity index (χ2v) is 9.87. The monoisotopic (exact) mass is 611 g/mol. The number of aromatic nitrogens is 3. The second kappa shape index (κ2) is 14.5. The number of rotatable bonds is 12. The van der Waals surface area contributed by atoms with Crippen molar-refractivity contribution >= 4 is 52.5 Å². The van der Waals surface area contributed by atoms with E-state index >= 15 is 0 Å². The van der Waals surface area contributed by atoms with Gasteiger partial charge < -0.3 is 25.4 Å². The number of aryl methyl sites for hydroxylation is 1. The number of unbranched alkanes of at least 4 members (excludes halogenated alkanes) is 1. The molecule has 0 aliphatic heterocycles. The highest BCUT2D eigenvalue weighted by Gasteiger charge is 2.17. The molecule has 2 aromatic heterocycles. The maximum absolute atomic E-state index is 13.0. The van der Waals surface area contributed by atoms with E-state index < -0.39 is 6.03 Å². The Balaban J connectivity index is 1.48. The van der Waals surface area contributed by atoms with Crippen LogP contribution in [0.1, 0.15) is 25.5 Å². The largest absolute Gasteiger partial charge is 0.497 e. The summed E-state index contributed by atoms with van der Waals surface area (Å²) in [5.41, 5.74) is 1.90. The molecule has 0 spiro atoms. The summed E-state index contributed by atoms with van der Waals surface area (Å²) in [5, 5.41) is 15.9. The first-order chi connectivity index (χ1) is 20.3. The van der Waals surface area contributed by atoms with Gasteiger partial charge in [-0.15, -0.1) is 0 Å². The van der Waals surface area contributed by atoms with Crippen LogP contribution >= 0.6 is 23.2 Å². The van der Waals surface area contributed by atoms with Crippen molar-refractivity contribution in [2.45, 2.75) is 26.2 Å². The van der Waals surface area contributed by atoms with Gasteiger partial charge in [-0.05, 0) is 62.4 Å². The molecule has 3 amide bonds. The number of nitrogens with zero attached hydrogens (tertiary/aromatic N) is 3. The molecule has 0 fully saturated rings. The van der Waals surface area contributed by atoms with Gasteiger partial charge >= 0.3 is 6.03 Å². The van der Waals surface area contributed by atoms with E-state index in [9.17, 15) is 9.59 Å². The summed E-state index contributed by atoms with van der Waals surface area (Å²) in [4.78, 5) is 29.0. The van der Waals surface area contributed by atoms with Crippen LogP contribution in [-0.2, 0) is 11.2 Å². The Bertz CT molecular complexity index is 1540. The molecule has 0 radical (unpaired) electrons.